The van der Waals surface area contributed by atoms with Crippen molar-refractivity contribution >= 4 is 11.8 Å². The number of fused-ring (bicyclic) bond motifs is 1. The fourth-order valence-electron chi connectivity index (χ4n) is 2.44. The van der Waals surface area contributed by atoms with Crippen molar-refractivity contribution < 1.29 is 9.53 Å². The zero-order valence-corrected chi connectivity index (χ0v) is 10.3. The van der Waals surface area contributed by atoms with Crippen molar-refractivity contribution in [1.82, 2.24) is 14.9 Å². The van der Waals surface area contributed by atoms with Crippen molar-refractivity contribution in [2.24, 2.45) is 0 Å². The van der Waals surface area contributed by atoms with E-state index >= 15 is 0 Å². The van der Waals surface area contributed by atoms with E-state index in [-0.39, 0.29) is 12.1 Å². The molecule has 0 bridgehead atoms. The summed E-state index contributed by atoms with van der Waals surface area (Å²) >= 11 is 0. The molecule has 1 saturated heterocycles. The molecular formula is C12H16N4O2. The summed E-state index contributed by atoms with van der Waals surface area (Å²) in [4.78, 5) is 22.4. The van der Waals surface area contributed by atoms with Gasteiger partial charge >= 0.3 is 6.03 Å². The molecule has 96 valence electrons. The van der Waals surface area contributed by atoms with Crippen LogP contribution in [0.25, 0.3) is 0 Å². The fraction of sp³-hybridized carbons (Fsp3) is 0.583. The van der Waals surface area contributed by atoms with Gasteiger partial charge in [0, 0.05) is 31.0 Å². The van der Waals surface area contributed by atoms with Gasteiger partial charge in [-0.05, 0) is 19.8 Å². The maximum Gasteiger partial charge on any atom is 0.323 e. The Morgan fingerprint density at radius 3 is 3.00 bits per heavy atom. The van der Waals surface area contributed by atoms with E-state index in [1.54, 1.807) is 6.20 Å². The Morgan fingerprint density at radius 1 is 1.44 bits per heavy atom. The second kappa shape index (κ2) is 4.53. The van der Waals surface area contributed by atoms with E-state index in [4.69, 9.17) is 4.74 Å². The lowest BCUT2D eigenvalue weighted by atomic mass is 10.1. The molecule has 18 heavy (non-hydrogen) atoms. The van der Waals surface area contributed by atoms with Crippen LogP contribution < -0.4 is 5.32 Å². The largest absolute Gasteiger partial charge is 0.381 e. The van der Waals surface area contributed by atoms with Crippen LogP contribution in [-0.2, 0) is 11.3 Å². The molecule has 0 atom stereocenters. The molecule has 2 aliphatic heterocycles. The molecule has 3 rings (SSSR count). The first-order valence-corrected chi connectivity index (χ1v) is 6.22. The van der Waals surface area contributed by atoms with Gasteiger partial charge in [-0.25, -0.2) is 14.8 Å². The number of hydrogen-bond acceptors (Lipinski definition) is 4. The second-order valence-electron chi connectivity index (χ2n) is 4.69. The third-order valence-corrected chi connectivity index (χ3v) is 3.44. The molecule has 0 saturated carbocycles. The number of carbonyl (C=O) groups excluding carboxylic acids is 1. The number of carbonyl (C=O) groups is 1. The van der Waals surface area contributed by atoms with Crippen molar-refractivity contribution in [2.45, 2.75) is 32.4 Å². The molecule has 1 N–H and O–H groups in total. The van der Waals surface area contributed by atoms with Gasteiger partial charge in [-0.3, -0.25) is 5.32 Å². The number of hydrogen-bond donors (Lipinski definition) is 1. The zero-order chi connectivity index (χ0) is 12.5. The van der Waals surface area contributed by atoms with Crippen molar-refractivity contribution in [3.8, 4) is 0 Å². The highest BCUT2D eigenvalue weighted by Gasteiger charge is 2.30. The standard InChI is InChI=1S/C12H16N4O2/c1-8-13-6-9-7-16(10-2-4-18-5-3-10)12(17)15-11(9)14-8/h6,10H,2-5,7H2,1H3,(H,13,14,15,17). The molecule has 0 unspecified atom stereocenters. The molecular weight excluding hydrogens is 232 g/mol. The van der Waals surface area contributed by atoms with Gasteiger partial charge < -0.3 is 9.64 Å². The first-order valence-electron chi connectivity index (χ1n) is 6.22. The van der Waals surface area contributed by atoms with Gasteiger partial charge in [0.15, 0.2) is 0 Å². The molecule has 3 heterocycles. The number of nitrogens with one attached hydrogen (secondary N) is 1. The Balaban J connectivity index is 1.82. The average molecular weight is 248 g/mol. The summed E-state index contributed by atoms with van der Waals surface area (Å²) in [5, 5.41) is 2.84. The van der Waals surface area contributed by atoms with E-state index in [9.17, 15) is 4.79 Å². The van der Waals surface area contributed by atoms with Crippen LogP contribution in [0.1, 0.15) is 24.2 Å². The number of nitrogens with zero attached hydrogens (tertiary/aromatic N) is 3. The van der Waals surface area contributed by atoms with E-state index in [0.717, 1.165) is 31.6 Å². The van der Waals surface area contributed by atoms with Gasteiger partial charge in [0.25, 0.3) is 0 Å². The number of anilines is 1. The first kappa shape index (κ1) is 11.4. The minimum Gasteiger partial charge on any atom is -0.381 e. The maximum atomic E-state index is 12.1. The normalized spacial score (nSPS) is 20.5. The van der Waals surface area contributed by atoms with Crippen molar-refractivity contribution in [3.63, 3.8) is 0 Å². The van der Waals surface area contributed by atoms with Crippen molar-refractivity contribution in [1.29, 1.82) is 0 Å². The minimum absolute atomic E-state index is 0.0625. The summed E-state index contributed by atoms with van der Waals surface area (Å²) in [6.45, 7) is 3.86. The predicted octanol–water partition coefficient (Wildman–Crippen LogP) is 1.31. The summed E-state index contributed by atoms with van der Waals surface area (Å²) in [6.07, 6.45) is 3.59. The van der Waals surface area contributed by atoms with Crippen molar-refractivity contribution in [3.05, 3.63) is 17.6 Å². The van der Waals surface area contributed by atoms with Gasteiger partial charge in [0.2, 0.25) is 0 Å². The summed E-state index contributed by atoms with van der Waals surface area (Å²) < 4.78 is 5.33. The minimum atomic E-state index is -0.0625. The summed E-state index contributed by atoms with van der Waals surface area (Å²) in [7, 11) is 0. The first-order chi connectivity index (χ1) is 8.74. The predicted molar refractivity (Wildman–Crippen MR) is 65.2 cm³/mol. The third-order valence-electron chi connectivity index (χ3n) is 3.44. The number of aryl methyl sites for hydroxylation is 1. The summed E-state index contributed by atoms with van der Waals surface area (Å²) in [5.41, 5.74) is 0.978. The van der Waals surface area contributed by atoms with Gasteiger partial charge in [-0.15, -0.1) is 0 Å². The maximum absolute atomic E-state index is 12.1. The number of amides is 2. The van der Waals surface area contributed by atoms with E-state index in [2.05, 4.69) is 15.3 Å². The Kier molecular flexibility index (Phi) is 2.87. The molecule has 1 aromatic heterocycles. The zero-order valence-electron chi connectivity index (χ0n) is 10.3. The van der Waals surface area contributed by atoms with Crippen LogP contribution in [0.3, 0.4) is 0 Å². The van der Waals surface area contributed by atoms with Crippen LogP contribution in [0.2, 0.25) is 0 Å². The molecule has 0 radical (unpaired) electrons. The van der Waals surface area contributed by atoms with Crippen LogP contribution in [0.5, 0.6) is 0 Å². The summed E-state index contributed by atoms with van der Waals surface area (Å²) in [5.74, 6) is 1.32. The fourth-order valence-corrected chi connectivity index (χ4v) is 2.44. The third kappa shape index (κ3) is 2.03. The van der Waals surface area contributed by atoms with Gasteiger partial charge in [0.05, 0.1) is 6.54 Å². The lowest BCUT2D eigenvalue weighted by molar-refractivity contribution is 0.0452. The highest BCUT2D eigenvalue weighted by molar-refractivity contribution is 5.91. The van der Waals surface area contributed by atoms with E-state index < -0.39 is 0 Å². The molecule has 2 amide bonds. The highest BCUT2D eigenvalue weighted by atomic mass is 16.5. The van der Waals surface area contributed by atoms with Crippen LogP contribution in [0, 0.1) is 6.92 Å². The Hall–Kier alpha value is -1.69. The van der Waals surface area contributed by atoms with Gasteiger partial charge in [-0.1, -0.05) is 0 Å². The highest BCUT2D eigenvalue weighted by Crippen LogP contribution is 2.25. The molecule has 1 fully saturated rings. The van der Waals surface area contributed by atoms with Crippen LogP contribution in [0.4, 0.5) is 10.6 Å². The lowest BCUT2D eigenvalue weighted by Crippen LogP contribution is -2.47. The second-order valence-corrected chi connectivity index (χ2v) is 4.69. The smallest absolute Gasteiger partial charge is 0.323 e. The monoisotopic (exact) mass is 248 g/mol. The van der Waals surface area contributed by atoms with E-state index in [1.165, 1.54) is 0 Å². The van der Waals surface area contributed by atoms with Crippen LogP contribution in [0.15, 0.2) is 6.20 Å². The topological polar surface area (TPSA) is 67.4 Å². The molecule has 0 aromatic carbocycles. The van der Waals surface area contributed by atoms with Crippen LogP contribution >= 0.6 is 0 Å². The Morgan fingerprint density at radius 2 is 2.22 bits per heavy atom. The quantitative estimate of drug-likeness (QED) is 0.813. The number of aromatic nitrogens is 2. The molecule has 1 aromatic rings. The number of rotatable bonds is 1. The molecule has 0 spiro atoms. The van der Waals surface area contributed by atoms with Crippen molar-refractivity contribution in [2.75, 3.05) is 18.5 Å². The molecule has 0 aliphatic carbocycles. The lowest BCUT2D eigenvalue weighted by Gasteiger charge is -2.37. The Labute approximate surface area is 105 Å². The molecule has 2 aliphatic rings. The van der Waals surface area contributed by atoms with Crippen LogP contribution in [-0.4, -0.2) is 40.2 Å². The average Bonchev–Trinajstić information content (AvgIpc) is 2.39. The molecule has 6 nitrogen and oxygen atoms in total. The van der Waals surface area contributed by atoms with Gasteiger partial charge in [-0.2, -0.15) is 0 Å². The summed E-state index contributed by atoms with van der Waals surface area (Å²) in [6, 6.07) is 0.195. The van der Waals surface area contributed by atoms with Gasteiger partial charge in [0.1, 0.15) is 11.6 Å². The number of ether oxygens (including phenoxy) is 1. The SMILES string of the molecule is Cc1ncc2c(n1)NC(=O)N(C1CCOCC1)C2. The van der Waals surface area contributed by atoms with E-state index in [1.807, 2.05) is 11.8 Å². The Bertz CT molecular complexity index is 471. The molecule has 6 heteroatoms. The van der Waals surface area contributed by atoms with E-state index in [0.29, 0.717) is 18.2 Å². The number of urea groups is 1.